The highest BCUT2D eigenvalue weighted by Crippen LogP contribution is 2.16. The largest absolute Gasteiger partial charge is 0.394 e. The minimum atomic E-state index is -4.67. The van der Waals surface area contributed by atoms with Crippen molar-refractivity contribution in [1.29, 1.82) is 0 Å². The molecule has 0 aliphatic carbocycles. The zero-order valence-electron chi connectivity index (χ0n) is 8.76. The Hall–Kier alpha value is -1.76. The van der Waals surface area contributed by atoms with Crippen LogP contribution in [0, 0.1) is 0 Å². The third kappa shape index (κ3) is 6.41. The average Bonchev–Trinajstić information content (AvgIpc) is 2.29. The molecule has 0 spiro atoms. The molecule has 1 heterocycles. The summed E-state index contributed by atoms with van der Waals surface area (Å²) in [6.45, 7) is 0. The number of benzene rings is 1. The van der Waals surface area contributed by atoms with Gasteiger partial charge >= 0.3 is 10.4 Å². The molecular formula is C11H11NO4S. The molecule has 0 radical (unpaired) electrons. The van der Waals surface area contributed by atoms with E-state index in [4.69, 9.17) is 17.5 Å². The van der Waals surface area contributed by atoms with Crippen molar-refractivity contribution in [3.63, 3.8) is 0 Å². The number of aromatic nitrogens is 1. The summed E-state index contributed by atoms with van der Waals surface area (Å²) in [5.74, 6) is 0. The molecule has 0 amide bonds. The number of nitrogens with zero attached hydrogens (tertiary/aromatic N) is 1. The van der Waals surface area contributed by atoms with Crippen molar-refractivity contribution in [3.05, 3.63) is 54.9 Å². The Morgan fingerprint density at radius 1 is 0.824 bits per heavy atom. The standard InChI is InChI=1S/C11H9N.H2O4S/c1-2-4-10(5-3-1)11-6-8-12-9-7-11;1-5(2,3)4/h1-9H;(H2,1,2,3,4). The minimum Gasteiger partial charge on any atom is -0.265 e. The molecule has 90 valence electrons. The van der Waals surface area contributed by atoms with Crippen molar-refractivity contribution in [3.8, 4) is 11.1 Å². The van der Waals surface area contributed by atoms with E-state index in [1.165, 1.54) is 11.1 Å². The maximum absolute atomic E-state index is 8.74. The Labute approximate surface area is 99.3 Å². The molecule has 0 saturated carbocycles. The molecule has 0 unspecified atom stereocenters. The number of pyridine rings is 1. The molecule has 17 heavy (non-hydrogen) atoms. The zero-order valence-corrected chi connectivity index (χ0v) is 9.58. The number of hydrogen-bond donors (Lipinski definition) is 2. The molecule has 0 fully saturated rings. The molecule has 0 bridgehead atoms. The fourth-order valence-electron chi connectivity index (χ4n) is 1.17. The van der Waals surface area contributed by atoms with E-state index in [1.807, 2.05) is 42.7 Å². The normalized spacial score (nSPS) is 10.2. The summed E-state index contributed by atoms with van der Waals surface area (Å²) in [4.78, 5) is 3.97. The van der Waals surface area contributed by atoms with Gasteiger partial charge in [-0.3, -0.25) is 14.1 Å². The van der Waals surface area contributed by atoms with Crippen LogP contribution in [0.4, 0.5) is 0 Å². The van der Waals surface area contributed by atoms with Crippen LogP contribution < -0.4 is 0 Å². The second-order valence-electron chi connectivity index (χ2n) is 3.05. The third-order valence-electron chi connectivity index (χ3n) is 1.79. The lowest BCUT2D eigenvalue weighted by atomic mass is 10.1. The van der Waals surface area contributed by atoms with Gasteiger partial charge in [0, 0.05) is 12.4 Å². The van der Waals surface area contributed by atoms with Gasteiger partial charge in [-0.1, -0.05) is 30.3 Å². The van der Waals surface area contributed by atoms with E-state index in [0.717, 1.165) is 0 Å². The Morgan fingerprint density at radius 2 is 1.24 bits per heavy atom. The van der Waals surface area contributed by atoms with Crippen LogP contribution >= 0.6 is 0 Å². The van der Waals surface area contributed by atoms with Crippen molar-refractivity contribution in [1.82, 2.24) is 4.98 Å². The molecule has 6 heteroatoms. The molecule has 5 nitrogen and oxygen atoms in total. The van der Waals surface area contributed by atoms with Crippen LogP contribution in [0.25, 0.3) is 11.1 Å². The van der Waals surface area contributed by atoms with Gasteiger partial charge in [0.1, 0.15) is 0 Å². The highest BCUT2D eigenvalue weighted by Gasteiger charge is 1.92. The topological polar surface area (TPSA) is 87.5 Å². The van der Waals surface area contributed by atoms with Gasteiger partial charge in [-0.2, -0.15) is 8.42 Å². The van der Waals surface area contributed by atoms with Crippen LogP contribution in [0.3, 0.4) is 0 Å². The first kappa shape index (κ1) is 13.3. The highest BCUT2D eigenvalue weighted by atomic mass is 32.3. The van der Waals surface area contributed by atoms with Crippen molar-refractivity contribution in [2.75, 3.05) is 0 Å². The summed E-state index contributed by atoms with van der Waals surface area (Å²) in [6, 6.07) is 14.3. The zero-order chi connectivity index (χ0) is 12.7. The monoisotopic (exact) mass is 253 g/mol. The summed E-state index contributed by atoms with van der Waals surface area (Å²) in [6.07, 6.45) is 3.62. The van der Waals surface area contributed by atoms with Gasteiger partial charge in [0.15, 0.2) is 0 Å². The third-order valence-corrected chi connectivity index (χ3v) is 1.79. The molecule has 1 aromatic heterocycles. The quantitative estimate of drug-likeness (QED) is 0.760. The molecule has 2 N–H and O–H groups in total. The first-order valence-corrected chi connectivity index (χ1v) is 6.02. The van der Waals surface area contributed by atoms with E-state index in [-0.39, 0.29) is 0 Å². The van der Waals surface area contributed by atoms with Gasteiger partial charge in [0.05, 0.1) is 0 Å². The van der Waals surface area contributed by atoms with Crippen LogP contribution in [0.5, 0.6) is 0 Å². The highest BCUT2D eigenvalue weighted by molar-refractivity contribution is 7.79. The fourth-order valence-corrected chi connectivity index (χ4v) is 1.17. The smallest absolute Gasteiger partial charge is 0.265 e. The van der Waals surface area contributed by atoms with E-state index in [2.05, 4.69) is 17.1 Å². The Balaban J connectivity index is 0.000000249. The molecule has 0 aliphatic rings. The van der Waals surface area contributed by atoms with Crippen LogP contribution in [0.15, 0.2) is 54.9 Å². The predicted molar refractivity (Wildman–Crippen MR) is 63.9 cm³/mol. The summed E-state index contributed by atoms with van der Waals surface area (Å²) in [5.41, 5.74) is 2.45. The summed E-state index contributed by atoms with van der Waals surface area (Å²) in [7, 11) is -4.67. The van der Waals surface area contributed by atoms with Gasteiger partial charge in [-0.15, -0.1) is 0 Å². The van der Waals surface area contributed by atoms with Gasteiger partial charge in [-0.25, -0.2) is 0 Å². The van der Waals surface area contributed by atoms with Crippen LogP contribution in [-0.2, 0) is 10.4 Å². The van der Waals surface area contributed by atoms with Gasteiger partial charge < -0.3 is 0 Å². The molecule has 2 rings (SSSR count). The average molecular weight is 253 g/mol. The van der Waals surface area contributed by atoms with Crippen LogP contribution in [-0.4, -0.2) is 22.5 Å². The summed E-state index contributed by atoms with van der Waals surface area (Å²) < 4.78 is 31.6. The Kier molecular flexibility index (Phi) is 4.77. The minimum absolute atomic E-state index is 1.21. The first-order chi connectivity index (χ1) is 7.97. The molecule has 0 aliphatic heterocycles. The molecule has 0 saturated heterocycles. The van der Waals surface area contributed by atoms with E-state index in [1.54, 1.807) is 0 Å². The van der Waals surface area contributed by atoms with Crippen LogP contribution in [0.1, 0.15) is 0 Å². The lowest BCUT2D eigenvalue weighted by Crippen LogP contribution is -1.89. The molecule has 1 aromatic carbocycles. The lowest BCUT2D eigenvalue weighted by Gasteiger charge is -1.98. The SMILES string of the molecule is O=S(=O)(O)O.c1ccc(-c2ccncc2)cc1. The van der Waals surface area contributed by atoms with E-state index >= 15 is 0 Å². The Morgan fingerprint density at radius 3 is 1.71 bits per heavy atom. The van der Waals surface area contributed by atoms with Gasteiger partial charge in [0.25, 0.3) is 0 Å². The predicted octanol–water partition coefficient (Wildman–Crippen LogP) is 2.10. The fraction of sp³-hybridized carbons (Fsp3) is 0. The maximum Gasteiger partial charge on any atom is 0.394 e. The van der Waals surface area contributed by atoms with Gasteiger partial charge in [0.2, 0.25) is 0 Å². The van der Waals surface area contributed by atoms with E-state index in [9.17, 15) is 0 Å². The maximum atomic E-state index is 8.74. The first-order valence-electron chi connectivity index (χ1n) is 4.62. The van der Waals surface area contributed by atoms with E-state index < -0.39 is 10.4 Å². The van der Waals surface area contributed by atoms with Crippen molar-refractivity contribution in [2.24, 2.45) is 0 Å². The van der Waals surface area contributed by atoms with Crippen LogP contribution in [0.2, 0.25) is 0 Å². The molecule has 2 aromatic rings. The van der Waals surface area contributed by atoms with Gasteiger partial charge in [-0.05, 0) is 23.3 Å². The lowest BCUT2D eigenvalue weighted by molar-refractivity contribution is 0.381. The summed E-state index contributed by atoms with van der Waals surface area (Å²) >= 11 is 0. The van der Waals surface area contributed by atoms with E-state index in [0.29, 0.717) is 0 Å². The summed E-state index contributed by atoms with van der Waals surface area (Å²) in [5, 5.41) is 0. The molecule has 0 atom stereocenters. The van der Waals surface area contributed by atoms with Crippen molar-refractivity contribution >= 4 is 10.4 Å². The molecular weight excluding hydrogens is 242 g/mol. The second-order valence-corrected chi connectivity index (χ2v) is 3.95. The second kappa shape index (κ2) is 6.09. The Bertz CT molecular complexity index is 495. The number of rotatable bonds is 1. The van der Waals surface area contributed by atoms with Crippen molar-refractivity contribution < 1.29 is 17.5 Å². The number of hydrogen-bond acceptors (Lipinski definition) is 3. The van der Waals surface area contributed by atoms with Crippen molar-refractivity contribution in [2.45, 2.75) is 0 Å².